The second-order valence-electron chi connectivity index (χ2n) is 5.74. The van der Waals surface area contributed by atoms with E-state index in [9.17, 15) is 9.59 Å². The number of hydrogen-bond donors (Lipinski definition) is 1. The molecule has 120 valence electrons. The SMILES string of the molecule is CC(=O)N1CCN(CC(=O)Nc2cncc3ccccc23)CC1. The zero-order valence-corrected chi connectivity index (χ0v) is 13.2. The Balaban J connectivity index is 1.60. The van der Waals surface area contributed by atoms with Crippen molar-refractivity contribution in [3.63, 3.8) is 0 Å². The summed E-state index contributed by atoms with van der Waals surface area (Å²) in [6, 6.07) is 7.83. The molecule has 1 N–H and O–H groups in total. The van der Waals surface area contributed by atoms with Gasteiger partial charge in [-0.2, -0.15) is 0 Å². The molecule has 0 unspecified atom stereocenters. The highest BCUT2D eigenvalue weighted by molar-refractivity contribution is 6.02. The Hall–Kier alpha value is -2.47. The molecule has 1 aromatic heterocycles. The molecular formula is C17H20N4O2. The van der Waals surface area contributed by atoms with E-state index in [1.807, 2.05) is 29.2 Å². The number of piperazine rings is 1. The lowest BCUT2D eigenvalue weighted by Crippen LogP contribution is -2.49. The number of carbonyl (C=O) groups is 2. The molecule has 0 saturated carbocycles. The topological polar surface area (TPSA) is 65.5 Å². The van der Waals surface area contributed by atoms with Gasteiger partial charge in [-0.15, -0.1) is 0 Å². The maximum absolute atomic E-state index is 12.3. The van der Waals surface area contributed by atoms with Crippen LogP contribution in [-0.2, 0) is 9.59 Å². The molecule has 2 aromatic rings. The quantitative estimate of drug-likeness (QED) is 0.929. The largest absolute Gasteiger partial charge is 0.340 e. The normalized spacial score (nSPS) is 15.6. The highest BCUT2D eigenvalue weighted by Crippen LogP contribution is 2.21. The van der Waals surface area contributed by atoms with Gasteiger partial charge in [-0.1, -0.05) is 24.3 Å². The van der Waals surface area contributed by atoms with Crippen LogP contribution in [0.2, 0.25) is 0 Å². The second-order valence-corrected chi connectivity index (χ2v) is 5.74. The number of aromatic nitrogens is 1. The van der Waals surface area contributed by atoms with E-state index in [1.165, 1.54) is 0 Å². The zero-order chi connectivity index (χ0) is 16.2. The van der Waals surface area contributed by atoms with E-state index in [4.69, 9.17) is 0 Å². The van der Waals surface area contributed by atoms with Crippen molar-refractivity contribution in [2.24, 2.45) is 0 Å². The number of benzene rings is 1. The summed E-state index contributed by atoms with van der Waals surface area (Å²) in [6.07, 6.45) is 3.46. The Kier molecular flexibility index (Phi) is 4.52. The molecule has 0 aliphatic carbocycles. The average molecular weight is 312 g/mol. The molecule has 1 aromatic carbocycles. The van der Waals surface area contributed by atoms with E-state index in [0.29, 0.717) is 19.6 Å². The van der Waals surface area contributed by atoms with Crippen molar-refractivity contribution >= 4 is 28.3 Å². The molecule has 0 radical (unpaired) electrons. The number of rotatable bonds is 3. The Morgan fingerprint density at radius 1 is 1.13 bits per heavy atom. The molecule has 1 saturated heterocycles. The summed E-state index contributed by atoms with van der Waals surface area (Å²) in [6.45, 7) is 4.71. The van der Waals surface area contributed by atoms with E-state index in [2.05, 4.69) is 15.2 Å². The molecule has 0 spiro atoms. The van der Waals surface area contributed by atoms with Crippen LogP contribution in [0, 0.1) is 0 Å². The Labute approximate surface area is 135 Å². The smallest absolute Gasteiger partial charge is 0.238 e. The van der Waals surface area contributed by atoms with Crippen LogP contribution in [0.3, 0.4) is 0 Å². The predicted molar refractivity (Wildman–Crippen MR) is 89.1 cm³/mol. The molecule has 2 amide bonds. The van der Waals surface area contributed by atoms with Crippen molar-refractivity contribution < 1.29 is 9.59 Å². The van der Waals surface area contributed by atoms with E-state index in [1.54, 1.807) is 19.3 Å². The van der Waals surface area contributed by atoms with Crippen molar-refractivity contribution in [2.45, 2.75) is 6.92 Å². The molecule has 0 bridgehead atoms. The van der Waals surface area contributed by atoms with Crippen LogP contribution in [-0.4, -0.2) is 59.3 Å². The molecule has 1 aliphatic rings. The van der Waals surface area contributed by atoms with Gasteiger partial charge in [-0.05, 0) is 0 Å². The highest BCUT2D eigenvalue weighted by Gasteiger charge is 2.20. The van der Waals surface area contributed by atoms with Crippen LogP contribution in [0.1, 0.15) is 6.92 Å². The Bertz CT molecular complexity index is 718. The lowest BCUT2D eigenvalue weighted by atomic mass is 10.1. The number of pyridine rings is 1. The molecule has 0 atom stereocenters. The first-order chi connectivity index (χ1) is 11.1. The summed E-state index contributed by atoms with van der Waals surface area (Å²) in [4.78, 5) is 31.6. The minimum Gasteiger partial charge on any atom is -0.340 e. The third-order valence-corrected chi connectivity index (χ3v) is 4.13. The summed E-state index contributed by atoms with van der Waals surface area (Å²) < 4.78 is 0. The summed E-state index contributed by atoms with van der Waals surface area (Å²) in [5.41, 5.74) is 0.732. The van der Waals surface area contributed by atoms with Gasteiger partial charge in [0.1, 0.15) is 0 Å². The van der Waals surface area contributed by atoms with Gasteiger partial charge in [0.05, 0.1) is 18.4 Å². The first kappa shape index (κ1) is 15.4. The highest BCUT2D eigenvalue weighted by atomic mass is 16.2. The van der Waals surface area contributed by atoms with E-state index in [-0.39, 0.29) is 11.8 Å². The third-order valence-electron chi connectivity index (χ3n) is 4.13. The van der Waals surface area contributed by atoms with Gasteiger partial charge in [0.15, 0.2) is 0 Å². The van der Waals surface area contributed by atoms with Gasteiger partial charge in [0.2, 0.25) is 11.8 Å². The molecule has 1 fully saturated rings. The Morgan fingerprint density at radius 3 is 2.61 bits per heavy atom. The summed E-state index contributed by atoms with van der Waals surface area (Å²) in [5.74, 6) is 0.0374. The van der Waals surface area contributed by atoms with Crippen LogP contribution in [0.5, 0.6) is 0 Å². The van der Waals surface area contributed by atoms with Crippen LogP contribution in [0.4, 0.5) is 5.69 Å². The van der Waals surface area contributed by atoms with E-state index in [0.717, 1.165) is 29.5 Å². The van der Waals surface area contributed by atoms with Crippen molar-refractivity contribution in [2.75, 3.05) is 38.0 Å². The van der Waals surface area contributed by atoms with Gasteiger partial charge in [0, 0.05) is 50.1 Å². The number of carbonyl (C=O) groups excluding carboxylic acids is 2. The fourth-order valence-corrected chi connectivity index (χ4v) is 2.83. The van der Waals surface area contributed by atoms with Crippen molar-refractivity contribution in [1.82, 2.24) is 14.8 Å². The molecular weight excluding hydrogens is 292 g/mol. The summed E-state index contributed by atoms with van der Waals surface area (Å²) in [7, 11) is 0. The fraction of sp³-hybridized carbons (Fsp3) is 0.353. The van der Waals surface area contributed by atoms with E-state index < -0.39 is 0 Å². The second kappa shape index (κ2) is 6.75. The maximum atomic E-state index is 12.3. The van der Waals surface area contributed by atoms with Gasteiger partial charge in [-0.25, -0.2) is 0 Å². The van der Waals surface area contributed by atoms with Crippen LogP contribution in [0.25, 0.3) is 10.8 Å². The fourth-order valence-electron chi connectivity index (χ4n) is 2.83. The number of fused-ring (bicyclic) bond motifs is 1. The van der Waals surface area contributed by atoms with Crippen molar-refractivity contribution in [3.8, 4) is 0 Å². The van der Waals surface area contributed by atoms with Gasteiger partial charge < -0.3 is 10.2 Å². The maximum Gasteiger partial charge on any atom is 0.238 e. The van der Waals surface area contributed by atoms with Crippen LogP contribution >= 0.6 is 0 Å². The van der Waals surface area contributed by atoms with E-state index >= 15 is 0 Å². The molecule has 23 heavy (non-hydrogen) atoms. The van der Waals surface area contributed by atoms with Gasteiger partial charge in [0.25, 0.3) is 0 Å². The molecule has 1 aliphatic heterocycles. The first-order valence-corrected chi connectivity index (χ1v) is 7.74. The number of hydrogen-bond acceptors (Lipinski definition) is 4. The van der Waals surface area contributed by atoms with Gasteiger partial charge in [-0.3, -0.25) is 19.5 Å². The lowest BCUT2D eigenvalue weighted by molar-refractivity contribution is -0.130. The molecule has 2 heterocycles. The number of anilines is 1. The van der Waals surface area contributed by atoms with Crippen molar-refractivity contribution in [1.29, 1.82) is 0 Å². The first-order valence-electron chi connectivity index (χ1n) is 7.74. The minimum atomic E-state index is -0.0561. The monoisotopic (exact) mass is 312 g/mol. The summed E-state index contributed by atoms with van der Waals surface area (Å²) in [5, 5.41) is 4.93. The summed E-state index contributed by atoms with van der Waals surface area (Å²) >= 11 is 0. The molecule has 6 nitrogen and oxygen atoms in total. The predicted octanol–water partition coefficient (Wildman–Crippen LogP) is 1.34. The lowest BCUT2D eigenvalue weighted by Gasteiger charge is -2.33. The number of nitrogens with zero attached hydrogens (tertiary/aromatic N) is 3. The number of nitrogens with one attached hydrogen (secondary N) is 1. The number of amides is 2. The molecule has 6 heteroatoms. The standard InChI is InChI=1S/C17H20N4O2/c1-13(22)21-8-6-20(7-9-21)12-17(23)19-16-11-18-10-14-4-2-3-5-15(14)16/h2-5,10-11H,6-9,12H2,1H3,(H,19,23). The minimum absolute atomic E-state index is 0.0561. The molecule has 3 rings (SSSR count). The third kappa shape index (κ3) is 3.65. The van der Waals surface area contributed by atoms with Crippen molar-refractivity contribution in [3.05, 3.63) is 36.7 Å². The van der Waals surface area contributed by atoms with Gasteiger partial charge >= 0.3 is 0 Å². The van der Waals surface area contributed by atoms with Crippen LogP contribution < -0.4 is 5.32 Å². The Morgan fingerprint density at radius 2 is 1.87 bits per heavy atom. The zero-order valence-electron chi connectivity index (χ0n) is 13.2. The average Bonchev–Trinajstić information content (AvgIpc) is 2.55. The van der Waals surface area contributed by atoms with Crippen LogP contribution in [0.15, 0.2) is 36.7 Å².